The first-order valence-corrected chi connectivity index (χ1v) is 6.83. The average molecular weight is 290 g/mol. The largest absolute Gasteiger partial charge is 0.394 e. The molecule has 0 fully saturated rings. The zero-order valence-electron chi connectivity index (χ0n) is 11.5. The summed E-state index contributed by atoms with van der Waals surface area (Å²) in [5, 5.41) is 0.225. The molecular formula is C14H16ClN5. The van der Waals surface area contributed by atoms with Gasteiger partial charge in [-0.1, -0.05) is 12.1 Å². The molecule has 2 heterocycles. The van der Waals surface area contributed by atoms with Crippen LogP contribution in [0.2, 0.25) is 5.28 Å². The Hall–Kier alpha value is -2.01. The van der Waals surface area contributed by atoms with Gasteiger partial charge in [0.1, 0.15) is 0 Å². The molecule has 2 aromatic rings. The number of rotatable bonds is 1. The van der Waals surface area contributed by atoms with E-state index in [0.29, 0.717) is 17.2 Å². The molecule has 2 N–H and O–H groups in total. The highest BCUT2D eigenvalue weighted by Crippen LogP contribution is 2.38. The Morgan fingerprint density at radius 1 is 1.15 bits per heavy atom. The lowest BCUT2D eigenvalue weighted by Crippen LogP contribution is -2.37. The lowest BCUT2D eigenvalue weighted by molar-refractivity contribution is 0.811. The molecule has 0 unspecified atom stereocenters. The molecule has 0 radical (unpaired) electrons. The van der Waals surface area contributed by atoms with E-state index in [4.69, 9.17) is 17.3 Å². The fourth-order valence-electron chi connectivity index (χ4n) is 2.46. The van der Waals surface area contributed by atoms with E-state index in [1.165, 1.54) is 0 Å². The van der Waals surface area contributed by atoms with E-state index in [0.717, 1.165) is 24.5 Å². The monoisotopic (exact) mass is 289 g/mol. The van der Waals surface area contributed by atoms with Crippen molar-refractivity contribution in [2.45, 2.75) is 6.92 Å². The normalized spacial score (nSPS) is 14.3. The van der Waals surface area contributed by atoms with Crippen LogP contribution in [0.15, 0.2) is 24.3 Å². The number of likely N-dealkylation sites (N-methyl/N-ethyl adjacent to an activating group) is 1. The molecule has 1 aliphatic heterocycles. The minimum absolute atomic E-state index is 0.225. The predicted molar refractivity (Wildman–Crippen MR) is 82.9 cm³/mol. The number of nitrogens with zero attached hydrogens (tertiary/aromatic N) is 4. The number of halogens is 1. The van der Waals surface area contributed by atoms with Gasteiger partial charge in [-0.05, 0) is 30.7 Å². The van der Waals surface area contributed by atoms with Gasteiger partial charge in [-0.2, -0.15) is 4.98 Å². The van der Waals surface area contributed by atoms with Gasteiger partial charge in [0.05, 0.1) is 22.8 Å². The van der Waals surface area contributed by atoms with Crippen molar-refractivity contribution in [1.29, 1.82) is 0 Å². The van der Waals surface area contributed by atoms with Gasteiger partial charge in [-0.25, -0.2) is 4.98 Å². The predicted octanol–water partition coefficient (Wildman–Crippen LogP) is 2.61. The van der Waals surface area contributed by atoms with Crippen LogP contribution in [0.3, 0.4) is 0 Å². The van der Waals surface area contributed by atoms with Crippen molar-refractivity contribution in [3.8, 4) is 0 Å². The minimum Gasteiger partial charge on any atom is -0.394 e. The van der Waals surface area contributed by atoms with Crippen LogP contribution < -0.4 is 15.5 Å². The van der Waals surface area contributed by atoms with Crippen molar-refractivity contribution in [1.82, 2.24) is 9.97 Å². The number of hydrogen-bond donors (Lipinski definition) is 1. The number of aromatic nitrogens is 2. The van der Waals surface area contributed by atoms with E-state index in [1.54, 1.807) is 0 Å². The Morgan fingerprint density at radius 2 is 1.85 bits per heavy atom. The molecular weight excluding hydrogens is 274 g/mol. The SMILES string of the molecule is Cc1nc(Cl)nc(N2CCN(C)c3ccccc32)c1N. The highest BCUT2D eigenvalue weighted by atomic mass is 35.5. The molecule has 0 saturated heterocycles. The van der Waals surface area contributed by atoms with E-state index in [-0.39, 0.29) is 5.28 Å². The Bertz CT molecular complexity index is 658. The third-order valence-corrected chi connectivity index (χ3v) is 3.76. The topological polar surface area (TPSA) is 58.3 Å². The molecule has 1 aliphatic rings. The Labute approximate surface area is 123 Å². The molecule has 0 saturated carbocycles. The van der Waals surface area contributed by atoms with E-state index < -0.39 is 0 Å². The molecule has 5 nitrogen and oxygen atoms in total. The first-order valence-electron chi connectivity index (χ1n) is 6.45. The smallest absolute Gasteiger partial charge is 0.224 e. The van der Waals surface area contributed by atoms with E-state index in [2.05, 4.69) is 38.9 Å². The van der Waals surface area contributed by atoms with Crippen LogP contribution >= 0.6 is 11.6 Å². The van der Waals surface area contributed by atoms with Crippen molar-refractivity contribution in [2.24, 2.45) is 0 Å². The van der Waals surface area contributed by atoms with Gasteiger partial charge in [0, 0.05) is 20.1 Å². The fourth-order valence-corrected chi connectivity index (χ4v) is 2.67. The maximum Gasteiger partial charge on any atom is 0.224 e. The fraction of sp³-hybridized carbons (Fsp3) is 0.286. The highest BCUT2D eigenvalue weighted by Gasteiger charge is 2.24. The zero-order chi connectivity index (χ0) is 14.3. The number of nitrogens with two attached hydrogens (primary N) is 1. The maximum atomic E-state index is 6.14. The first-order chi connectivity index (χ1) is 9.58. The number of para-hydroxylation sites is 2. The standard InChI is InChI=1S/C14H16ClN5/c1-9-12(16)13(18-14(15)17-9)20-8-7-19(2)10-5-3-4-6-11(10)20/h3-6H,7-8,16H2,1-2H3. The Morgan fingerprint density at radius 3 is 2.60 bits per heavy atom. The molecule has 20 heavy (non-hydrogen) atoms. The lowest BCUT2D eigenvalue weighted by Gasteiger charge is -2.36. The summed E-state index contributed by atoms with van der Waals surface area (Å²) >= 11 is 5.98. The number of benzene rings is 1. The third kappa shape index (κ3) is 2.04. The Kier molecular flexibility index (Phi) is 3.14. The molecule has 104 valence electrons. The summed E-state index contributed by atoms with van der Waals surface area (Å²) < 4.78 is 0. The van der Waals surface area contributed by atoms with E-state index >= 15 is 0 Å². The van der Waals surface area contributed by atoms with Crippen molar-refractivity contribution in [3.05, 3.63) is 35.2 Å². The second-order valence-electron chi connectivity index (χ2n) is 4.88. The molecule has 6 heteroatoms. The van der Waals surface area contributed by atoms with Gasteiger partial charge >= 0.3 is 0 Å². The van der Waals surface area contributed by atoms with Crippen molar-refractivity contribution >= 4 is 34.5 Å². The number of anilines is 4. The molecule has 0 atom stereocenters. The van der Waals surface area contributed by atoms with Gasteiger partial charge < -0.3 is 15.5 Å². The van der Waals surface area contributed by atoms with Crippen molar-refractivity contribution in [2.75, 3.05) is 35.7 Å². The number of hydrogen-bond acceptors (Lipinski definition) is 5. The van der Waals surface area contributed by atoms with Gasteiger partial charge in [-0.3, -0.25) is 0 Å². The van der Waals surface area contributed by atoms with Crippen LogP contribution in [0.4, 0.5) is 22.9 Å². The molecule has 0 spiro atoms. The lowest BCUT2D eigenvalue weighted by atomic mass is 10.1. The maximum absolute atomic E-state index is 6.14. The van der Waals surface area contributed by atoms with Gasteiger partial charge in [0.25, 0.3) is 0 Å². The van der Waals surface area contributed by atoms with E-state index in [9.17, 15) is 0 Å². The van der Waals surface area contributed by atoms with Crippen molar-refractivity contribution < 1.29 is 0 Å². The number of fused-ring (bicyclic) bond motifs is 1. The first kappa shape index (κ1) is 13.0. The summed E-state index contributed by atoms with van der Waals surface area (Å²) in [5.41, 5.74) is 9.66. The quantitative estimate of drug-likeness (QED) is 0.818. The minimum atomic E-state index is 0.225. The molecule has 0 bridgehead atoms. The summed E-state index contributed by atoms with van der Waals surface area (Å²) in [5.74, 6) is 0.683. The van der Waals surface area contributed by atoms with Crippen LogP contribution in [-0.2, 0) is 0 Å². The van der Waals surface area contributed by atoms with Gasteiger partial charge in [-0.15, -0.1) is 0 Å². The average Bonchev–Trinajstić information content (AvgIpc) is 2.44. The summed E-state index contributed by atoms with van der Waals surface area (Å²) in [6, 6.07) is 8.19. The molecule has 1 aromatic heterocycles. The molecule has 0 amide bonds. The Balaban J connectivity index is 2.15. The number of aryl methyl sites for hydroxylation is 1. The number of nitrogen functional groups attached to an aromatic ring is 1. The third-order valence-electron chi connectivity index (χ3n) is 3.59. The van der Waals surface area contributed by atoms with Crippen LogP contribution in [0.1, 0.15) is 5.69 Å². The summed E-state index contributed by atoms with van der Waals surface area (Å²) in [6.07, 6.45) is 0. The highest BCUT2D eigenvalue weighted by molar-refractivity contribution is 6.28. The second-order valence-corrected chi connectivity index (χ2v) is 5.22. The van der Waals surface area contributed by atoms with Crippen LogP contribution in [0.25, 0.3) is 0 Å². The van der Waals surface area contributed by atoms with Gasteiger partial charge in [0.2, 0.25) is 5.28 Å². The summed E-state index contributed by atoms with van der Waals surface area (Å²) in [4.78, 5) is 12.7. The summed E-state index contributed by atoms with van der Waals surface area (Å²) in [6.45, 7) is 3.55. The van der Waals surface area contributed by atoms with E-state index in [1.807, 2.05) is 19.1 Å². The zero-order valence-corrected chi connectivity index (χ0v) is 12.2. The van der Waals surface area contributed by atoms with Crippen LogP contribution in [0.5, 0.6) is 0 Å². The van der Waals surface area contributed by atoms with Gasteiger partial charge in [0.15, 0.2) is 5.82 Å². The van der Waals surface area contributed by atoms with Crippen LogP contribution in [-0.4, -0.2) is 30.1 Å². The molecule has 1 aromatic carbocycles. The molecule has 0 aliphatic carbocycles. The second kappa shape index (κ2) is 4.83. The molecule has 3 rings (SSSR count). The summed E-state index contributed by atoms with van der Waals surface area (Å²) in [7, 11) is 2.08. The van der Waals surface area contributed by atoms with Crippen LogP contribution in [0, 0.1) is 6.92 Å². The van der Waals surface area contributed by atoms with Crippen molar-refractivity contribution in [3.63, 3.8) is 0 Å².